The molecule has 0 unspecified atom stereocenters. The minimum Gasteiger partial charge on any atom is -0.508 e. The fourth-order valence-electron chi connectivity index (χ4n) is 2.26. The van der Waals surface area contributed by atoms with Crippen molar-refractivity contribution in [2.75, 3.05) is 0 Å². The molecule has 3 aromatic rings. The molecule has 0 aliphatic heterocycles. The third-order valence-electron chi connectivity index (χ3n) is 3.18. The fourth-order valence-corrected chi connectivity index (χ4v) is 2.26. The largest absolute Gasteiger partial charge is 0.508 e. The van der Waals surface area contributed by atoms with Crippen molar-refractivity contribution in [3.8, 4) is 5.75 Å². The number of aromatic amines is 1. The van der Waals surface area contributed by atoms with Gasteiger partial charge in [-0.1, -0.05) is 18.2 Å². The lowest BCUT2D eigenvalue weighted by molar-refractivity contribution is 0.474. The molecule has 2 aromatic carbocycles. The predicted octanol–water partition coefficient (Wildman–Crippen LogP) is 2.39. The van der Waals surface area contributed by atoms with Crippen LogP contribution in [0, 0.1) is 6.92 Å². The minimum absolute atomic E-state index is 0.135. The number of nitrogens with zero attached hydrogens (tertiary/aromatic N) is 1. The number of nitrogens with one attached hydrogen (secondary N) is 1. The van der Waals surface area contributed by atoms with Crippen molar-refractivity contribution < 1.29 is 5.11 Å². The molecule has 0 aliphatic rings. The summed E-state index contributed by atoms with van der Waals surface area (Å²) < 4.78 is 1.68. The van der Waals surface area contributed by atoms with Gasteiger partial charge < -0.3 is 10.1 Å². The van der Waals surface area contributed by atoms with Gasteiger partial charge in [0.2, 0.25) is 0 Å². The zero-order valence-corrected chi connectivity index (χ0v) is 10.6. The Bertz CT molecular complexity index is 799. The number of aromatic hydroxyl groups is 1. The highest BCUT2D eigenvalue weighted by Crippen LogP contribution is 2.16. The number of hydrogen-bond acceptors (Lipinski definition) is 2. The van der Waals surface area contributed by atoms with Crippen LogP contribution in [-0.2, 0) is 6.54 Å². The molecule has 19 heavy (non-hydrogen) atoms. The summed E-state index contributed by atoms with van der Waals surface area (Å²) in [5, 5.41) is 9.47. The van der Waals surface area contributed by atoms with Crippen LogP contribution in [0.25, 0.3) is 11.0 Å². The molecule has 1 heterocycles. The van der Waals surface area contributed by atoms with Crippen LogP contribution in [-0.4, -0.2) is 14.7 Å². The van der Waals surface area contributed by atoms with Crippen molar-refractivity contribution in [3.63, 3.8) is 0 Å². The number of rotatable bonds is 2. The minimum atomic E-state index is -0.135. The Balaban J connectivity index is 2.12. The molecule has 96 valence electrons. The first kappa shape index (κ1) is 11.6. The second-order valence-electron chi connectivity index (χ2n) is 4.71. The molecule has 2 N–H and O–H groups in total. The van der Waals surface area contributed by atoms with E-state index in [0.29, 0.717) is 6.54 Å². The van der Waals surface area contributed by atoms with Crippen LogP contribution in [0.15, 0.2) is 47.3 Å². The van der Waals surface area contributed by atoms with Gasteiger partial charge in [-0.15, -0.1) is 0 Å². The third-order valence-corrected chi connectivity index (χ3v) is 3.18. The Morgan fingerprint density at radius 1 is 1.21 bits per heavy atom. The zero-order valence-electron chi connectivity index (χ0n) is 10.6. The Labute approximate surface area is 109 Å². The molecule has 1 aromatic heterocycles. The molecule has 4 nitrogen and oxygen atoms in total. The van der Waals surface area contributed by atoms with Crippen molar-refractivity contribution >= 4 is 11.0 Å². The van der Waals surface area contributed by atoms with Crippen molar-refractivity contribution in [3.05, 3.63) is 64.1 Å². The van der Waals surface area contributed by atoms with E-state index in [1.807, 2.05) is 31.2 Å². The standard InChI is InChI=1S/C15H14N2O2/c1-10-5-6-13-14(7-10)17(15(19)16-13)9-11-3-2-4-12(18)8-11/h2-8,18H,9H2,1H3,(H,16,19). The molecule has 0 saturated heterocycles. The highest BCUT2D eigenvalue weighted by Gasteiger charge is 2.07. The number of aromatic nitrogens is 2. The lowest BCUT2D eigenvalue weighted by Crippen LogP contribution is -2.17. The Kier molecular flexibility index (Phi) is 2.63. The number of aryl methyl sites for hydroxylation is 1. The van der Waals surface area contributed by atoms with E-state index in [4.69, 9.17) is 0 Å². The van der Waals surface area contributed by atoms with Gasteiger partial charge in [-0.05, 0) is 42.3 Å². The van der Waals surface area contributed by atoms with Gasteiger partial charge in [0.1, 0.15) is 5.75 Å². The Morgan fingerprint density at radius 2 is 2.05 bits per heavy atom. The Morgan fingerprint density at radius 3 is 2.84 bits per heavy atom. The summed E-state index contributed by atoms with van der Waals surface area (Å²) in [5.41, 5.74) is 3.58. The van der Waals surface area contributed by atoms with Crippen molar-refractivity contribution in [1.29, 1.82) is 0 Å². The summed E-state index contributed by atoms with van der Waals surface area (Å²) in [7, 11) is 0. The van der Waals surface area contributed by atoms with Crippen LogP contribution >= 0.6 is 0 Å². The van der Waals surface area contributed by atoms with E-state index in [2.05, 4.69) is 4.98 Å². The predicted molar refractivity (Wildman–Crippen MR) is 74.5 cm³/mol. The van der Waals surface area contributed by atoms with Crippen molar-refractivity contribution in [1.82, 2.24) is 9.55 Å². The number of phenols is 1. The first-order valence-corrected chi connectivity index (χ1v) is 6.10. The summed E-state index contributed by atoms with van der Waals surface area (Å²) in [6.07, 6.45) is 0. The topological polar surface area (TPSA) is 58.0 Å². The average Bonchev–Trinajstić information content (AvgIpc) is 2.66. The van der Waals surface area contributed by atoms with Gasteiger partial charge in [0.25, 0.3) is 0 Å². The second kappa shape index (κ2) is 4.31. The summed E-state index contributed by atoms with van der Waals surface area (Å²) in [5.74, 6) is 0.210. The summed E-state index contributed by atoms with van der Waals surface area (Å²) in [4.78, 5) is 14.8. The summed E-state index contributed by atoms with van der Waals surface area (Å²) in [6, 6.07) is 12.8. The normalized spacial score (nSPS) is 11.0. The maximum absolute atomic E-state index is 12.0. The molecule has 0 saturated carbocycles. The first-order chi connectivity index (χ1) is 9.13. The maximum atomic E-state index is 12.0. The van der Waals surface area contributed by atoms with Gasteiger partial charge >= 0.3 is 5.69 Å². The van der Waals surface area contributed by atoms with Crippen LogP contribution in [0.2, 0.25) is 0 Å². The van der Waals surface area contributed by atoms with E-state index in [-0.39, 0.29) is 11.4 Å². The SMILES string of the molecule is Cc1ccc2[nH]c(=O)n(Cc3cccc(O)c3)c2c1. The molecule has 0 atom stereocenters. The van der Waals surface area contributed by atoms with Crippen LogP contribution in [0.4, 0.5) is 0 Å². The van der Waals surface area contributed by atoms with E-state index >= 15 is 0 Å². The first-order valence-electron chi connectivity index (χ1n) is 6.10. The summed E-state index contributed by atoms with van der Waals surface area (Å²) in [6.45, 7) is 2.44. The van der Waals surface area contributed by atoms with Crippen LogP contribution in [0.3, 0.4) is 0 Å². The van der Waals surface area contributed by atoms with E-state index in [1.54, 1.807) is 22.8 Å². The number of fused-ring (bicyclic) bond motifs is 1. The van der Waals surface area contributed by atoms with Gasteiger partial charge in [0.05, 0.1) is 17.6 Å². The average molecular weight is 254 g/mol. The number of imidazole rings is 1. The number of phenolic OH excluding ortho intramolecular Hbond substituents is 1. The van der Waals surface area contributed by atoms with E-state index in [1.165, 1.54) is 0 Å². The van der Waals surface area contributed by atoms with Gasteiger partial charge in [-0.2, -0.15) is 0 Å². The van der Waals surface area contributed by atoms with Crippen LogP contribution in [0.5, 0.6) is 5.75 Å². The highest BCUT2D eigenvalue weighted by molar-refractivity contribution is 5.76. The van der Waals surface area contributed by atoms with Gasteiger partial charge in [0.15, 0.2) is 0 Å². The van der Waals surface area contributed by atoms with Crippen LogP contribution < -0.4 is 5.69 Å². The van der Waals surface area contributed by atoms with Crippen molar-refractivity contribution in [2.45, 2.75) is 13.5 Å². The van der Waals surface area contributed by atoms with Crippen molar-refractivity contribution in [2.24, 2.45) is 0 Å². The quantitative estimate of drug-likeness (QED) is 0.737. The molecule has 0 spiro atoms. The summed E-state index contributed by atoms with van der Waals surface area (Å²) >= 11 is 0. The van der Waals surface area contributed by atoms with E-state index in [9.17, 15) is 9.90 Å². The van der Waals surface area contributed by atoms with E-state index in [0.717, 1.165) is 22.2 Å². The van der Waals surface area contributed by atoms with Gasteiger partial charge in [-0.25, -0.2) is 4.79 Å². The maximum Gasteiger partial charge on any atom is 0.326 e. The molecule has 4 heteroatoms. The molecule has 0 radical (unpaired) electrons. The molecule has 0 amide bonds. The monoisotopic (exact) mass is 254 g/mol. The van der Waals surface area contributed by atoms with Crippen LogP contribution in [0.1, 0.15) is 11.1 Å². The molecular formula is C15H14N2O2. The van der Waals surface area contributed by atoms with E-state index < -0.39 is 0 Å². The van der Waals surface area contributed by atoms with Gasteiger partial charge in [-0.3, -0.25) is 4.57 Å². The Hall–Kier alpha value is -2.49. The molecular weight excluding hydrogens is 240 g/mol. The highest BCUT2D eigenvalue weighted by atomic mass is 16.3. The molecule has 0 aliphatic carbocycles. The molecule has 3 rings (SSSR count). The number of hydrogen-bond donors (Lipinski definition) is 2. The second-order valence-corrected chi connectivity index (χ2v) is 4.71. The lowest BCUT2D eigenvalue weighted by atomic mass is 10.2. The fraction of sp³-hybridized carbons (Fsp3) is 0.133. The third kappa shape index (κ3) is 2.12. The molecule has 0 bridgehead atoms. The number of H-pyrrole nitrogens is 1. The lowest BCUT2D eigenvalue weighted by Gasteiger charge is -2.04. The number of benzene rings is 2. The molecule has 0 fully saturated rings. The zero-order chi connectivity index (χ0) is 13.4. The smallest absolute Gasteiger partial charge is 0.326 e. The van der Waals surface area contributed by atoms with Gasteiger partial charge in [0, 0.05) is 0 Å².